The molecule has 5 rings (SSSR count). The van der Waals surface area contributed by atoms with E-state index in [0.29, 0.717) is 6.54 Å². The number of rotatable bonds is 3. The standard InChI is InChI=1S/C21H19N5O/c27-14-17-12-16-8-4-5-9-18(16)22-20(17)25-10-11-26-19(13-25)23-24-21(26)15-6-2-1-3-7-15/h1-9,12,27H,10-11,13-14H2. The molecule has 27 heavy (non-hydrogen) atoms. The molecule has 1 aliphatic heterocycles. The summed E-state index contributed by atoms with van der Waals surface area (Å²) in [6.07, 6.45) is 0. The molecule has 0 amide bonds. The molecule has 0 radical (unpaired) electrons. The topological polar surface area (TPSA) is 67.1 Å². The van der Waals surface area contributed by atoms with E-state index >= 15 is 0 Å². The number of nitrogens with zero attached hydrogens (tertiary/aromatic N) is 5. The van der Waals surface area contributed by atoms with Crippen molar-refractivity contribution in [1.29, 1.82) is 0 Å². The maximum atomic E-state index is 9.86. The van der Waals surface area contributed by atoms with Crippen LogP contribution in [0, 0.1) is 0 Å². The summed E-state index contributed by atoms with van der Waals surface area (Å²) in [5.41, 5.74) is 2.84. The normalized spacial score (nSPS) is 13.7. The van der Waals surface area contributed by atoms with Gasteiger partial charge in [-0.05, 0) is 12.1 Å². The molecule has 1 N–H and O–H groups in total. The van der Waals surface area contributed by atoms with Gasteiger partial charge in [0, 0.05) is 29.6 Å². The minimum Gasteiger partial charge on any atom is -0.392 e. The maximum Gasteiger partial charge on any atom is 0.164 e. The van der Waals surface area contributed by atoms with Crippen LogP contribution in [0.25, 0.3) is 22.3 Å². The highest BCUT2D eigenvalue weighted by molar-refractivity contribution is 5.81. The van der Waals surface area contributed by atoms with Crippen molar-refractivity contribution in [2.45, 2.75) is 19.7 Å². The Morgan fingerprint density at radius 3 is 2.59 bits per heavy atom. The zero-order chi connectivity index (χ0) is 18.2. The molecule has 0 saturated carbocycles. The molecule has 0 saturated heterocycles. The minimum absolute atomic E-state index is 0.0361. The highest BCUT2D eigenvalue weighted by Crippen LogP contribution is 2.28. The van der Waals surface area contributed by atoms with Crippen LogP contribution in [0.2, 0.25) is 0 Å². The molecule has 0 fully saturated rings. The zero-order valence-electron chi connectivity index (χ0n) is 14.8. The van der Waals surface area contributed by atoms with Crippen molar-refractivity contribution >= 4 is 16.7 Å². The lowest BCUT2D eigenvalue weighted by Gasteiger charge is -2.30. The molecule has 0 unspecified atom stereocenters. The Hall–Kier alpha value is -3.25. The van der Waals surface area contributed by atoms with E-state index in [-0.39, 0.29) is 6.61 Å². The van der Waals surface area contributed by atoms with E-state index in [2.05, 4.69) is 31.8 Å². The van der Waals surface area contributed by atoms with Gasteiger partial charge >= 0.3 is 0 Å². The zero-order valence-corrected chi connectivity index (χ0v) is 14.8. The van der Waals surface area contributed by atoms with Crippen molar-refractivity contribution in [2.24, 2.45) is 0 Å². The number of hydrogen-bond acceptors (Lipinski definition) is 5. The summed E-state index contributed by atoms with van der Waals surface area (Å²) >= 11 is 0. The molecule has 1 aliphatic rings. The summed E-state index contributed by atoms with van der Waals surface area (Å²) in [5.74, 6) is 2.64. The first-order chi connectivity index (χ1) is 13.3. The third-order valence-electron chi connectivity index (χ3n) is 5.04. The van der Waals surface area contributed by atoms with Crippen LogP contribution in [0.4, 0.5) is 5.82 Å². The van der Waals surface area contributed by atoms with E-state index in [1.54, 1.807) is 0 Å². The van der Waals surface area contributed by atoms with E-state index < -0.39 is 0 Å². The number of benzene rings is 2. The van der Waals surface area contributed by atoms with Gasteiger partial charge in [0.05, 0.1) is 18.7 Å². The van der Waals surface area contributed by atoms with Crippen molar-refractivity contribution in [1.82, 2.24) is 19.7 Å². The highest BCUT2D eigenvalue weighted by Gasteiger charge is 2.24. The predicted octanol–water partition coefficient (Wildman–Crippen LogP) is 3.01. The van der Waals surface area contributed by atoms with Crippen molar-refractivity contribution in [3.05, 3.63) is 72.1 Å². The quantitative estimate of drug-likeness (QED) is 0.610. The Morgan fingerprint density at radius 1 is 0.926 bits per heavy atom. The second-order valence-electron chi connectivity index (χ2n) is 6.70. The molecule has 134 valence electrons. The molecule has 6 nitrogen and oxygen atoms in total. The van der Waals surface area contributed by atoms with Crippen LogP contribution in [0.1, 0.15) is 11.4 Å². The molecular weight excluding hydrogens is 338 g/mol. The predicted molar refractivity (Wildman–Crippen MR) is 104 cm³/mol. The SMILES string of the molecule is OCc1cc2ccccc2nc1N1CCn2c(nnc2-c2ccccc2)C1. The number of aromatic nitrogens is 4. The third-order valence-corrected chi connectivity index (χ3v) is 5.04. The molecule has 0 aliphatic carbocycles. The number of para-hydroxylation sites is 1. The smallest absolute Gasteiger partial charge is 0.164 e. The summed E-state index contributed by atoms with van der Waals surface area (Å²) in [7, 11) is 0. The van der Waals surface area contributed by atoms with Crippen LogP contribution >= 0.6 is 0 Å². The fourth-order valence-corrected chi connectivity index (χ4v) is 3.68. The number of anilines is 1. The van der Waals surface area contributed by atoms with Gasteiger partial charge in [-0.2, -0.15) is 0 Å². The first-order valence-electron chi connectivity index (χ1n) is 9.05. The second-order valence-corrected chi connectivity index (χ2v) is 6.70. The first-order valence-corrected chi connectivity index (χ1v) is 9.05. The average Bonchev–Trinajstić information content (AvgIpc) is 3.16. The summed E-state index contributed by atoms with van der Waals surface area (Å²) in [6, 6.07) is 20.1. The number of fused-ring (bicyclic) bond motifs is 2. The largest absolute Gasteiger partial charge is 0.392 e. The Kier molecular flexibility index (Phi) is 3.83. The van der Waals surface area contributed by atoms with Crippen molar-refractivity contribution in [2.75, 3.05) is 11.4 Å². The van der Waals surface area contributed by atoms with Gasteiger partial charge < -0.3 is 14.6 Å². The van der Waals surface area contributed by atoms with Crippen LogP contribution in [-0.2, 0) is 19.7 Å². The Morgan fingerprint density at radius 2 is 1.74 bits per heavy atom. The van der Waals surface area contributed by atoms with Gasteiger partial charge in [-0.15, -0.1) is 10.2 Å². The fourth-order valence-electron chi connectivity index (χ4n) is 3.68. The molecule has 4 aromatic rings. The molecular formula is C21H19N5O. The molecule has 2 aromatic heterocycles. The molecule has 0 bridgehead atoms. The van der Waals surface area contributed by atoms with Gasteiger partial charge in [0.15, 0.2) is 11.6 Å². The van der Waals surface area contributed by atoms with Crippen LogP contribution < -0.4 is 4.90 Å². The fraction of sp³-hybridized carbons (Fsp3) is 0.190. The summed E-state index contributed by atoms with van der Waals surface area (Å²) in [5, 5.41) is 19.7. The van der Waals surface area contributed by atoms with Gasteiger partial charge in [-0.3, -0.25) is 0 Å². The number of pyridine rings is 1. The molecule has 0 spiro atoms. The lowest BCUT2D eigenvalue weighted by molar-refractivity contribution is 0.281. The van der Waals surface area contributed by atoms with Crippen LogP contribution in [0.3, 0.4) is 0 Å². The molecule has 2 aromatic carbocycles. The van der Waals surface area contributed by atoms with Gasteiger partial charge in [0.1, 0.15) is 5.82 Å². The Bertz CT molecular complexity index is 1110. The number of hydrogen-bond donors (Lipinski definition) is 1. The van der Waals surface area contributed by atoms with Crippen LogP contribution in [0.15, 0.2) is 60.7 Å². The number of aliphatic hydroxyl groups is 1. The van der Waals surface area contributed by atoms with Crippen LogP contribution in [-0.4, -0.2) is 31.4 Å². The van der Waals surface area contributed by atoms with E-state index in [1.165, 1.54) is 0 Å². The lowest BCUT2D eigenvalue weighted by atomic mass is 10.1. The second kappa shape index (κ2) is 6.48. The van der Waals surface area contributed by atoms with Gasteiger partial charge in [-0.25, -0.2) is 4.98 Å². The lowest BCUT2D eigenvalue weighted by Crippen LogP contribution is -2.35. The molecule has 6 heteroatoms. The molecule has 3 heterocycles. The first kappa shape index (κ1) is 16.0. The van der Waals surface area contributed by atoms with Crippen molar-refractivity contribution in [3.63, 3.8) is 0 Å². The maximum absolute atomic E-state index is 9.86. The minimum atomic E-state index is -0.0361. The Labute approximate surface area is 156 Å². The van der Waals surface area contributed by atoms with Gasteiger partial charge in [-0.1, -0.05) is 48.5 Å². The summed E-state index contributed by atoms with van der Waals surface area (Å²) < 4.78 is 2.17. The summed E-state index contributed by atoms with van der Waals surface area (Å²) in [4.78, 5) is 6.99. The molecule has 0 atom stereocenters. The average molecular weight is 357 g/mol. The van der Waals surface area contributed by atoms with E-state index in [1.807, 2.05) is 48.5 Å². The van der Waals surface area contributed by atoms with E-state index in [9.17, 15) is 5.11 Å². The third kappa shape index (κ3) is 2.74. The Balaban J connectivity index is 1.51. The van der Waals surface area contributed by atoms with E-state index in [0.717, 1.165) is 52.6 Å². The highest BCUT2D eigenvalue weighted by atomic mass is 16.3. The number of aliphatic hydroxyl groups excluding tert-OH is 1. The van der Waals surface area contributed by atoms with E-state index in [4.69, 9.17) is 4.98 Å². The van der Waals surface area contributed by atoms with Crippen LogP contribution in [0.5, 0.6) is 0 Å². The van der Waals surface area contributed by atoms with Crippen molar-refractivity contribution < 1.29 is 5.11 Å². The summed E-state index contributed by atoms with van der Waals surface area (Å²) in [6.45, 7) is 2.17. The van der Waals surface area contributed by atoms with Crippen molar-refractivity contribution in [3.8, 4) is 11.4 Å². The van der Waals surface area contributed by atoms with Gasteiger partial charge in [0.25, 0.3) is 0 Å². The van der Waals surface area contributed by atoms with Gasteiger partial charge in [0.2, 0.25) is 0 Å². The monoisotopic (exact) mass is 357 g/mol.